The summed E-state index contributed by atoms with van der Waals surface area (Å²) in [5.41, 5.74) is 6.17. The van der Waals surface area contributed by atoms with Crippen LogP contribution >= 0.6 is 0 Å². The molecule has 0 radical (unpaired) electrons. The van der Waals surface area contributed by atoms with E-state index in [1.807, 2.05) is 21.8 Å². The van der Waals surface area contributed by atoms with Gasteiger partial charge in [-0.05, 0) is 43.5 Å². The third-order valence-corrected chi connectivity index (χ3v) is 4.24. The minimum absolute atomic E-state index is 0.0510. The average molecular weight is 312 g/mol. The third-order valence-electron chi connectivity index (χ3n) is 4.24. The second-order valence-electron chi connectivity index (χ2n) is 5.82. The molecule has 0 spiro atoms. The van der Waals surface area contributed by atoms with Gasteiger partial charge in [-0.2, -0.15) is 5.10 Å². The smallest absolute Gasteiger partial charge is 0.254 e. The first-order valence-electron chi connectivity index (χ1n) is 7.83. The number of piperidine rings is 1. The summed E-state index contributed by atoms with van der Waals surface area (Å²) in [5, 5.41) is 4.23. The topological polar surface area (TPSA) is 81.2 Å². The van der Waals surface area contributed by atoms with Gasteiger partial charge in [-0.3, -0.25) is 14.3 Å². The van der Waals surface area contributed by atoms with Crippen LogP contribution in [0.2, 0.25) is 0 Å². The zero-order valence-electron chi connectivity index (χ0n) is 12.9. The van der Waals surface area contributed by atoms with Crippen molar-refractivity contribution in [3.63, 3.8) is 0 Å². The molecule has 1 saturated heterocycles. The number of hydrogen-bond acceptors (Lipinski definition) is 3. The predicted molar refractivity (Wildman–Crippen MR) is 85.9 cm³/mol. The molecule has 1 unspecified atom stereocenters. The molecular weight excluding hydrogens is 292 g/mol. The Morgan fingerprint density at radius 1 is 1.22 bits per heavy atom. The zero-order chi connectivity index (χ0) is 16.2. The molecule has 0 aliphatic carbocycles. The van der Waals surface area contributed by atoms with Crippen molar-refractivity contribution in [3.05, 3.63) is 53.9 Å². The Kier molecular flexibility index (Phi) is 4.41. The van der Waals surface area contributed by atoms with E-state index in [1.54, 1.807) is 30.5 Å². The average Bonchev–Trinajstić information content (AvgIpc) is 3.08. The number of benzene rings is 1. The molecule has 3 rings (SSSR count). The molecule has 1 fully saturated rings. The maximum atomic E-state index is 12.9. The van der Waals surface area contributed by atoms with E-state index in [0.29, 0.717) is 17.7 Å². The molecular formula is C17H20N4O2. The van der Waals surface area contributed by atoms with Crippen LogP contribution in [0.4, 0.5) is 0 Å². The standard InChI is InChI=1S/C17H20N4O2/c18-16(22)13-5-3-6-14(11-13)17(23)21-10-2-1-7-15(21)12-20-9-4-8-19-20/h3-6,8-9,11,15H,1-2,7,10,12H2,(H2,18,22). The van der Waals surface area contributed by atoms with E-state index in [2.05, 4.69) is 5.10 Å². The number of aromatic nitrogens is 2. The van der Waals surface area contributed by atoms with Crippen LogP contribution in [-0.4, -0.2) is 39.1 Å². The number of primary amides is 1. The fourth-order valence-corrected chi connectivity index (χ4v) is 3.05. The van der Waals surface area contributed by atoms with Gasteiger partial charge < -0.3 is 10.6 Å². The number of amides is 2. The summed E-state index contributed by atoms with van der Waals surface area (Å²) in [5.74, 6) is -0.573. The van der Waals surface area contributed by atoms with E-state index in [9.17, 15) is 9.59 Å². The van der Waals surface area contributed by atoms with Crippen molar-refractivity contribution in [1.29, 1.82) is 0 Å². The predicted octanol–water partition coefficient (Wildman–Crippen LogP) is 1.68. The number of carbonyl (C=O) groups excluding carboxylic acids is 2. The molecule has 1 aromatic carbocycles. The molecule has 23 heavy (non-hydrogen) atoms. The van der Waals surface area contributed by atoms with Crippen LogP contribution in [0, 0.1) is 0 Å². The van der Waals surface area contributed by atoms with Crippen molar-refractivity contribution in [3.8, 4) is 0 Å². The first-order chi connectivity index (χ1) is 11.1. The van der Waals surface area contributed by atoms with Gasteiger partial charge in [0, 0.05) is 30.1 Å². The molecule has 1 aliphatic rings. The van der Waals surface area contributed by atoms with Gasteiger partial charge in [0.15, 0.2) is 0 Å². The lowest BCUT2D eigenvalue weighted by Crippen LogP contribution is -2.46. The third kappa shape index (κ3) is 3.41. The second kappa shape index (κ2) is 6.64. The van der Waals surface area contributed by atoms with E-state index in [-0.39, 0.29) is 11.9 Å². The largest absolute Gasteiger partial charge is 0.366 e. The molecule has 2 N–H and O–H groups in total. The van der Waals surface area contributed by atoms with Crippen molar-refractivity contribution in [2.24, 2.45) is 5.73 Å². The van der Waals surface area contributed by atoms with Crippen molar-refractivity contribution in [2.45, 2.75) is 31.8 Å². The summed E-state index contributed by atoms with van der Waals surface area (Å²) >= 11 is 0. The maximum Gasteiger partial charge on any atom is 0.254 e. The molecule has 1 aliphatic heterocycles. The first-order valence-corrected chi connectivity index (χ1v) is 7.83. The monoisotopic (exact) mass is 312 g/mol. The Bertz CT molecular complexity index is 696. The Morgan fingerprint density at radius 2 is 2.04 bits per heavy atom. The molecule has 0 saturated carbocycles. The van der Waals surface area contributed by atoms with Crippen LogP contribution in [0.25, 0.3) is 0 Å². The van der Waals surface area contributed by atoms with Gasteiger partial charge in [0.2, 0.25) is 5.91 Å². The number of hydrogen-bond donors (Lipinski definition) is 1. The minimum Gasteiger partial charge on any atom is -0.366 e. The normalized spacial score (nSPS) is 17.9. The highest BCUT2D eigenvalue weighted by atomic mass is 16.2. The summed E-state index contributed by atoms with van der Waals surface area (Å²) in [4.78, 5) is 26.1. The molecule has 1 aromatic heterocycles. The summed E-state index contributed by atoms with van der Waals surface area (Å²) < 4.78 is 1.86. The van der Waals surface area contributed by atoms with Gasteiger partial charge in [0.1, 0.15) is 0 Å². The first kappa shape index (κ1) is 15.3. The fraction of sp³-hybridized carbons (Fsp3) is 0.353. The molecule has 2 aromatic rings. The van der Waals surface area contributed by atoms with Gasteiger partial charge in [-0.1, -0.05) is 6.07 Å². The zero-order valence-corrected chi connectivity index (χ0v) is 12.9. The van der Waals surface area contributed by atoms with E-state index in [4.69, 9.17) is 5.73 Å². The van der Waals surface area contributed by atoms with Gasteiger partial charge in [-0.25, -0.2) is 0 Å². The minimum atomic E-state index is -0.522. The number of nitrogens with zero attached hydrogens (tertiary/aromatic N) is 3. The summed E-state index contributed by atoms with van der Waals surface area (Å²) in [6.45, 7) is 1.42. The van der Waals surface area contributed by atoms with Gasteiger partial charge in [0.25, 0.3) is 5.91 Å². The highest BCUT2D eigenvalue weighted by Crippen LogP contribution is 2.21. The lowest BCUT2D eigenvalue weighted by Gasteiger charge is -2.35. The molecule has 6 heteroatoms. The number of carbonyl (C=O) groups is 2. The van der Waals surface area contributed by atoms with Crippen molar-refractivity contribution >= 4 is 11.8 Å². The van der Waals surface area contributed by atoms with Crippen LogP contribution in [0.5, 0.6) is 0 Å². The number of likely N-dealkylation sites (tertiary alicyclic amines) is 1. The quantitative estimate of drug-likeness (QED) is 0.932. The van der Waals surface area contributed by atoms with Crippen LogP contribution in [0.1, 0.15) is 40.0 Å². The van der Waals surface area contributed by atoms with Gasteiger partial charge >= 0.3 is 0 Å². The lowest BCUT2D eigenvalue weighted by atomic mass is 10.00. The molecule has 1 atom stereocenters. The highest BCUT2D eigenvalue weighted by molar-refractivity contribution is 5.99. The van der Waals surface area contributed by atoms with E-state index in [1.165, 1.54) is 0 Å². The van der Waals surface area contributed by atoms with Crippen LogP contribution in [0.15, 0.2) is 42.7 Å². The van der Waals surface area contributed by atoms with Crippen LogP contribution < -0.4 is 5.73 Å². The molecule has 2 amide bonds. The number of rotatable bonds is 4. The molecule has 0 bridgehead atoms. The Morgan fingerprint density at radius 3 is 2.78 bits per heavy atom. The van der Waals surface area contributed by atoms with E-state index >= 15 is 0 Å². The van der Waals surface area contributed by atoms with Gasteiger partial charge in [-0.15, -0.1) is 0 Å². The summed E-state index contributed by atoms with van der Waals surface area (Å²) in [7, 11) is 0. The van der Waals surface area contributed by atoms with Crippen molar-refractivity contribution in [2.75, 3.05) is 6.54 Å². The Hall–Kier alpha value is -2.63. The molecule has 2 heterocycles. The van der Waals surface area contributed by atoms with Crippen LogP contribution in [-0.2, 0) is 6.54 Å². The highest BCUT2D eigenvalue weighted by Gasteiger charge is 2.28. The molecule has 120 valence electrons. The maximum absolute atomic E-state index is 12.9. The van der Waals surface area contributed by atoms with Gasteiger partial charge in [0.05, 0.1) is 12.6 Å². The number of nitrogens with two attached hydrogens (primary N) is 1. The van der Waals surface area contributed by atoms with E-state index in [0.717, 1.165) is 25.8 Å². The van der Waals surface area contributed by atoms with E-state index < -0.39 is 5.91 Å². The van der Waals surface area contributed by atoms with Crippen molar-refractivity contribution in [1.82, 2.24) is 14.7 Å². The fourth-order valence-electron chi connectivity index (χ4n) is 3.05. The Balaban J connectivity index is 1.80. The van der Waals surface area contributed by atoms with Crippen LogP contribution in [0.3, 0.4) is 0 Å². The lowest BCUT2D eigenvalue weighted by molar-refractivity contribution is 0.0584. The summed E-state index contributed by atoms with van der Waals surface area (Å²) in [6.07, 6.45) is 6.71. The SMILES string of the molecule is NC(=O)c1cccc(C(=O)N2CCCCC2Cn2cccn2)c1. The summed E-state index contributed by atoms with van der Waals surface area (Å²) in [6, 6.07) is 8.62. The molecule has 6 nitrogen and oxygen atoms in total. The van der Waals surface area contributed by atoms with Crippen molar-refractivity contribution < 1.29 is 9.59 Å². The Labute approximate surface area is 134 Å². The second-order valence-corrected chi connectivity index (χ2v) is 5.82.